The fourth-order valence-corrected chi connectivity index (χ4v) is 5.06. The van der Waals surface area contributed by atoms with E-state index in [4.69, 9.17) is 0 Å². The van der Waals surface area contributed by atoms with Crippen molar-refractivity contribution in [2.24, 2.45) is 17.3 Å². The van der Waals surface area contributed by atoms with Gasteiger partial charge in [-0.25, -0.2) is 0 Å². The Morgan fingerprint density at radius 2 is 1.77 bits per heavy atom. The summed E-state index contributed by atoms with van der Waals surface area (Å²) in [6.07, 6.45) is 10.4. The molecule has 3 N–H and O–H groups in total. The van der Waals surface area contributed by atoms with Crippen molar-refractivity contribution in [2.75, 3.05) is 0 Å². The van der Waals surface area contributed by atoms with Crippen molar-refractivity contribution in [1.82, 2.24) is 0 Å². The Morgan fingerprint density at radius 3 is 2.23 bits per heavy atom. The number of rotatable bonds is 1. The smallest absolute Gasteiger partial charge is 0.0956 e. The van der Waals surface area contributed by atoms with E-state index in [0.29, 0.717) is 5.54 Å². The minimum atomic E-state index is 0.514. The first-order valence-corrected chi connectivity index (χ1v) is 5.99. The van der Waals surface area contributed by atoms with Crippen LogP contribution in [0.5, 0.6) is 0 Å². The van der Waals surface area contributed by atoms with Gasteiger partial charge in [0.15, 0.2) is 0 Å². The lowest BCUT2D eigenvalue weighted by molar-refractivity contribution is -0.510. The summed E-state index contributed by atoms with van der Waals surface area (Å²) >= 11 is 0. The molecule has 4 saturated carbocycles. The van der Waals surface area contributed by atoms with Crippen LogP contribution in [0.3, 0.4) is 0 Å². The molecule has 0 amide bonds. The van der Waals surface area contributed by atoms with Crippen LogP contribution in [0.4, 0.5) is 0 Å². The highest BCUT2D eigenvalue weighted by Crippen LogP contribution is 2.61. The van der Waals surface area contributed by atoms with Crippen molar-refractivity contribution in [1.29, 1.82) is 0 Å². The van der Waals surface area contributed by atoms with E-state index in [1.54, 1.807) is 6.42 Å². The van der Waals surface area contributed by atoms with E-state index in [9.17, 15) is 0 Å². The summed E-state index contributed by atoms with van der Waals surface area (Å²) < 4.78 is 0. The molecular weight excluding hydrogens is 158 g/mol. The Morgan fingerprint density at radius 1 is 1.15 bits per heavy atom. The zero-order valence-corrected chi connectivity index (χ0v) is 8.81. The van der Waals surface area contributed by atoms with Gasteiger partial charge in [0.2, 0.25) is 0 Å². The SMILES string of the molecule is CCC12C[C@@H]3C[C@@H](CC([NH3+])(C3)C1)C2. The van der Waals surface area contributed by atoms with E-state index in [-0.39, 0.29) is 0 Å². The van der Waals surface area contributed by atoms with Crippen LogP contribution in [0.2, 0.25) is 0 Å². The first-order chi connectivity index (χ1) is 6.13. The minimum absolute atomic E-state index is 0.514. The fraction of sp³-hybridized carbons (Fsp3) is 1.00. The molecule has 0 aliphatic heterocycles. The predicted octanol–water partition coefficient (Wildman–Crippen LogP) is 1.98. The number of hydrogen-bond acceptors (Lipinski definition) is 0. The summed E-state index contributed by atoms with van der Waals surface area (Å²) in [7, 11) is 0. The molecule has 0 aromatic rings. The van der Waals surface area contributed by atoms with Crippen LogP contribution in [-0.4, -0.2) is 5.54 Å². The lowest BCUT2D eigenvalue weighted by atomic mass is 9.46. The molecule has 74 valence electrons. The summed E-state index contributed by atoms with van der Waals surface area (Å²) in [6.45, 7) is 2.40. The molecule has 1 nitrogen and oxygen atoms in total. The van der Waals surface area contributed by atoms with E-state index >= 15 is 0 Å². The van der Waals surface area contributed by atoms with Crippen LogP contribution < -0.4 is 5.73 Å². The molecule has 4 rings (SSSR count). The average Bonchev–Trinajstić information content (AvgIpc) is 1.99. The second-order valence-electron chi connectivity index (χ2n) is 6.31. The third-order valence-electron chi connectivity index (χ3n) is 5.05. The van der Waals surface area contributed by atoms with E-state index in [2.05, 4.69) is 12.7 Å². The van der Waals surface area contributed by atoms with Gasteiger partial charge in [0.1, 0.15) is 0 Å². The van der Waals surface area contributed by atoms with Crippen LogP contribution in [0.15, 0.2) is 0 Å². The van der Waals surface area contributed by atoms with E-state index < -0.39 is 0 Å². The molecule has 0 saturated heterocycles. The van der Waals surface area contributed by atoms with Crippen LogP contribution >= 0.6 is 0 Å². The fourth-order valence-electron chi connectivity index (χ4n) is 5.06. The van der Waals surface area contributed by atoms with Crippen molar-refractivity contribution >= 4 is 0 Å². The third-order valence-corrected chi connectivity index (χ3v) is 5.05. The maximum absolute atomic E-state index is 4.52. The van der Waals surface area contributed by atoms with Gasteiger partial charge >= 0.3 is 0 Å². The van der Waals surface area contributed by atoms with E-state index in [1.165, 1.54) is 38.5 Å². The summed E-state index contributed by atoms with van der Waals surface area (Å²) in [5, 5.41) is 0. The number of quaternary nitrogens is 1. The first kappa shape index (κ1) is 8.28. The molecule has 0 heterocycles. The van der Waals surface area contributed by atoms with Gasteiger partial charge in [0.05, 0.1) is 5.54 Å². The molecule has 0 aromatic carbocycles. The van der Waals surface area contributed by atoms with Gasteiger partial charge in [-0.1, -0.05) is 13.3 Å². The molecule has 4 fully saturated rings. The molecular formula is C12H22N+. The zero-order valence-electron chi connectivity index (χ0n) is 8.81. The molecule has 0 spiro atoms. The van der Waals surface area contributed by atoms with Crippen LogP contribution in [-0.2, 0) is 0 Å². The predicted molar refractivity (Wildman–Crippen MR) is 53.0 cm³/mol. The molecule has 1 heteroatoms. The number of hydrogen-bond donors (Lipinski definition) is 1. The largest absolute Gasteiger partial charge is 0.353 e. The first-order valence-electron chi connectivity index (χ1n) is 5.99. The lowest BCUT2D eigenvalue weighted by Crippen LogP contribution is -2.79. The Balaban J connectivity index is 1.95. The molecule has 4 aliphatic carbocycles. The van der Waals surface area contributed by atoms with Gasteiger partial charge in [0, 0.05) is 19.3 Å². The summed E-state index contributed by atoms with van der Waals surface area (Å²) in [4.78, 5) is 0. The van der Waals surface area contributed by atoms with Crippen LogP contribution in [0.25, 0.3) is 0 Å². The van der Waals surface area contributed by atoms with Crippen molar-refractivity contribution < 1.29 is 5.73 Å². The normalized spacial score (nSPS) is 58.6. The minimum Gasteiger partial charge on any atom is -0.353 e. The molecule has 0 aromatic heterocycles. The van der Waals surface area contributed by atoms with Crippen molar-refractivity contribution in [3.05, 3.63) is 0 Å². The zero-order chi connectivity index (χ0) is 9.10. The average molecular weight is 180 g/mol. The van der Waals surface area contributed by atoms with Gasteiger partial charge in [0.25, 0.3) is 0 Å². The van der Waals surface area contributed by atoms with Gasteiger partial charge < -0.3 is 5.73 Å². The van der Waals surface area contributed by atoms with E-state index in [0.717, 1.165) is 17.3 Å². The summed E-state index contributed by atoms with van der Waals surface area (Å²) in [6, 6.07) is 0. The van der Waals surface area contributed by atoms with Crippen molar-refractivity contribution in [3.8, 4) is 0 Å². The third kappa shape index (κ3) is 1.09. The van der Waals surface area contributed by atoms with Crippen LogP contribution in [0, 0.1) is 17.3 Å². The molecule has 2 unspecified atom stereocenters. The lowest BCUT2D eigenvalue weighted by Gasteiger charge is -2.59. The molecule has 0 radical (unpaired) electrons. The highest BCUT2D eigenvalue weighted by Gasteiger charge is 2.57. The Kier molecular flexibility index (Phi) is 1.47. The van der Waals surface area contributed by atoms with Gasteiger partial charge in [-0.2, -0.15) is 0 Å². The Hall–Kier alpha value is -0.0400. The monoisotopic (exact) mass is 180 g/mol. The van der Waals surface area contributed by atoms with Gasteiger partial charge in [-0.15, -0.1) is 0 Å². The second-order valence-corrected chi connectivity index (χ2v) is 6.31. The van der Waals surface area contributed by atoms with E-state index in [1.807, 2.05) is 0 Å². The van der Waals surface area contributed by atoms with Crippen molar-refractivity contribution in [3.63, 3.8) is 0 Å². The second kappa shape index (κ2) is 2.31. The van der Waals surface area contributed by atoms with Gasteiger partial charge in [-0.3, -0.25) is 0 Å². The van der Waals surface area contributed by atoms with Crippen LogP contribution in [0.1, 0.15) is 51.9 Å². The summed E-state index contributed by atoms with van der Waals surface area (Å²) in [5.74, 6) is 2.11. The Bertz CT molecular complexity index is 219. The summed E-state index contributed by atoms with van der Waals surface area (Å²) in [5.41, 5.74) is 5.78. The topological polar surface area (TPSA) is 27.6 Å². The highest BCUT2D eigenvalue weighted by atomic mass is 14.8. The maximum Gasteiger partial charge on any atom is 0.0956 e. The molecule has 13 heavy (non-hydrogen) atoms. The maximum atomic E-state index is 4.52. The van der Waals surface area contributed by atoms with Gasteiger partial charge in [-0.05, 0) is 36.5 Å². The Labute approximate surface area is 81.1 Å². The molecule has 4 atom stereocenters. The molecule has 4 bridgehead atoms. The molecule has 4 aliphatic rings. The quantitative estimate of drug-likeness (QED) is 0.639. The van der Waals surface area contributed by atoms with Crippen molar-refractivity contribution in [2.45, 2.75) is 57.4 Å². The highest BCUT2D eigenvalue weighted by molar-refractivity contribution is 5.07. The standard InChI is InChI=1S/C12H21N/c1-2-11-4-9-3-10(5-11)7-12(13,6-9)8-11/h9-10H,2-8,13H2,1H3/p+1/t9-,10+,11?,12?.